The van der Waals surface area contributed by atoms with Crippen LogP contribution in [0.25, 0.3) is 28.4 Å². The molecule has 0 radical (unpaired) electrons. The molecule has 1 aliphatic heterocycles. The summed E-state index contributed by atoms with van der Waals surface area (Å²) in [5, 5.41) is 4.67. The van der Waals surface area contributed by atoms with E-state index in [1.165, 1.54) is 0 Å². The third-order valence-electron chi connectivity index (χ3n) is 4.43. The molecular weight excluding hydrogens is 344 g/mol. The molecule has 0 fully saturated rings. The molecule has 0 saturated carbocycles. The molecule has 3 heterocycles. The van der Waals surface area contributed by atoms with E-state index in [0.29, 0.717) is 30.6 Å². The molecule has 2 aromatic heterocycles. The van der Waals surface area contributed by atoms with Crippen molar-refractivity contribution in [3.63, 3.8) is 0 Å². The second-order valence-electron chi connectivity index (χ2n) is 6.06. The molecule has 27 heavy (non-hydrogen) atoms. The molecule has 0 N–H and O–H groups in total. The minimum absolute atomic E-state index is 0.535. The Morgan fingerprint density at radius 1 is 0.926 bits per heavy atom. The maximum absolute atomic E-state index is 5.66. The van der Waals surface area contributed by atoms with Crippen molar-refractivity contribution < 1.29 is 14.2 Å². The maximum atomic E-state index is 5.66. The second kappa shape index (κ2) is 6.28. The van der Waals surface area contributed by atoms with Gasteiger partial charge in [-0.2, -0.15) is 9.50 Å². The van der Waals surface area contributed by atoms with Gasteiger partial charge in [0.1, 0.15) is 19.0 Å². The summed E-state index contributed by atoms with van der Waals surface area (Å²) in [6, 6.07) is 15.4. The number of aromatic nitrogens is 4. The first-order chi connectivity index (χ1) is 13.3. The van der Waals surface area contributed by atoms with Crippen LogP contribution in [0.3, 0.4) is 0 Å². The first kappa shape index (κ1) is 15.6. The van der Waals surface area contributed by atoms with E-state index in [-0.39, 0.29) is 0 Å². The van der Waals surface area contributed by atoms with Crippen molar-refractivity contribution in [2.45, 2.75) is 0 Å². The highest BCUT2D eigenvalue weighted by molar-refractivity contribution is 5.66. The third kappa shape index (κ3) is 2.73. The zero-order valence-electron chi connectivity index (χ0n) is 14.6. The van der Waals surface area contributed by atoms with Gasteiger partial charge in [0, 0.05) is 17.3 Å². The first-order valence-electron chi connectivity index (χ1n) is 8.58. The van der Waals surface area contributed by atoms with Crippen LogP contribution in [-0.4, -0.2) is 39.9 Å². The number of nitrogens with zero attached hydrogens (tertiary/aromatic N) is 4. The van der Waals surface area contributed by atoms with E-state index in [4.69, 9.17) is 14.2 Å². The standard InChI is InChI=1S/C20H16N4O3/c1-25-15-5-2-13(3-6-15)16-8-9-21-20-22-19(23-24(16)20)14-4-7-17-18(12-14)27-11-10-26-17/h2-9,12H,10-11H2,1H3. The summed E-state index contributed by atoms with van der Waals surface area (Å²) in [5.74, 6) is 3.38. The molecule has 0 spiro atoms. The second-order valence-corrected chi connectivity index (χ2v) is 6.06. The fraction of sp³-hybridized carbons (Fsp3) is 0.150. The van der Waals surface area contributed by atoms with Crippen molar-refractivity contribution >= 4 is 5.78 Å². The number of methoxy groups -OCH3 is 1. The van der Waals surface area contributed by atoms with Gasteiger partial charge in [0.05, 0.1) is 12.8 Å². The molecule has 5 rings (SSSR count). The molecule has 0 amide bonds. The van der Waals surface area contributed by atoms with Gasteiger partial charge in [-0.3, -0.25) is 0 Å². The van der Waals surface area contributed by atoms with Crippen LogP contribution >= 0.6 is 0 Å². The summed E-state index contributed by atoms with van der Waals surface area (Å²) >= 11 is 0. The molecule has 0 aliphatic carbocycles. The Hall–Kier alpha value is -3.61. The summed E-state index contributed by atoms with van der Waals surface area (Å²) in [4.78, 5) is 8.91. The SMILES string of the molecule is COc1ccc(-c2ccnc3nc(-c4ccc5c(c4)OCCO5)nn23)cc1. The van der Waals surface area contributed by atoms with Crippen molar-refractivity contribution in [3.05, 3.63) is 54.7 Å². The van der Waals surface area contributed by atoms with Crippen LogP contribution < -0.4 is 14.2 Å². The summed E-state index contributed by atoms with van der Waals surface area (Å²) in [5.41, 5.74) is 2.76. The van der Waals surface area contributed by atoms with E-state index >= 15 is 0 Å². The Kier molecular flexibility index (Phi) is 3.64. The van der Waals surface area contributed by atoms with Crippen molar-refractivity contribution in [1.29, 1.82) is 0 Å². The van der Waals surface area contributed by atoms with Gasteiger partial charge in [0.2, 0.25) is 0 Å². The van der Waals surface area contributed by atoms with Crippen molar-refractivity contribution in [1.82, 2.24) is 19.6 Å². The Bertz CT molecular complexity index is 1120. The van der Waals surface area contributed by atoms with Crippen LogP contribution in [0.15, 0.2) is 54.7 Å². The summed E-state index contributed by atoms with van der Waals surface area (Å²) in [6.07, 6.45) is 1.73. The maximum Gasteiger partial charge on any atom is 0.253 e. The van der Waals surface area contributed by atoms with Gasteiger partial charge >= 0.3 is 0 Å². The van der Waals surface area contributed by atoms with Gasteiger partial charge in [-0.15, -0.1) is 5.10 Å². The van der Waals surface area contributed by atoms with E-state index in [1.807, 2.05) is 48.5 Å². The van der Waals surface area contributed by atoms with Crippen LogP contribution in [0.5, 0.6) is 17.2 Å². The minimum atomic E-state index is 0.535. The monoisotopic (exact) mass is 360 g/mol. The zero-order valence-corrected chi connectivity index (χ0v) is 14.6. The lowest BCUT2D eigenvalue weighted by Gasteiger charge is -2.18. The van der Waals surface area contributed by atoms with Crippen LogP contribution in [0.1, 0.15) is 0 Å². The largest absolute Gasteiger partial charge is 0.497 e. The Balaban J connectivity index is 1.59. The number of hydrogen-bond acceptors (Lipinski definition) is 6. The molecule has 0 saturated heterocycles. The Morgan fingerprint density at radius 2 is 1.70 bits per heavy atom. The number of fused-ring (bicyclic) bond motifs is 2. The van der Waals surface area contributed by atoms with Gasteiger partial charge < -0.3 is 14.2 Å². The average molecular weight is 360 g/mol. The van der Waals surface area contributed by atoms with Gasteiger partial charge in [-0.1, -0.05) is 0 Å². The third-order valence-corrected chi connectivity index (χ3v) is 4.43. The van der Waals surface area contributed by atoms with E-state index in [1.54, 1.807) is 17.8 Å². The van der Waals surface area contributed by atoms with E-state index in [9.17, 15) is 0 Å². The number of rotatable bonds is 3. The molecular formula is C20H16N4O3. The van der Waals surface area contributed by atoms with Gasteiger partial charge in [0.15, 0.2) is 17.3 Å². The van der Waals surface area contributed by atoms with Crippen LogP contribution in [0.4, 0.5) is 0 Å². The molecule has 134 valence electrons. The fourth-order valence-corrected chi connectivity index (χ4v) is 3.08. The van der Waals surface area contributed by atoms with Gasteiger partial charge in [-0.25, -0.2) is 4.98 Å². The Labute approximate surface area is 155 Å². The summed E-state index contributed by atoms with van der Waals surface area (Å²) < 4.78 is 18.2. The smallest absolute Gasteiger partial charge is 0.253 e. The van der Waals surface area contributed by atoms with Crippen LogP contribution in [0.2, 0.25) is 0 Å². The van der Waals surface area contributed by atoms with Crippen molar-refractivity contribution in [2.75, 3.05) is 20.3 Å². The highest BCUT2D eigenvalue weighted by Crippen LogP contribution is 2.34. The van der Waals surface area contributed by atoms with Gasteiger partial charge in [0.25, 0.3) is 5.78 Å². The van der Waals surface area contributed by atoms with Crippen molar-refractivity contribution in [3.8, 4) is 39.9 Å². The highest BCUT2D eigenvalue weighted by Gasteiger charge is 2.16. The predicted octanol–water partition coefficient (Wildman–Crippen LogP) is 3.24. The summed E-state index contributed by atoms with van der Waals surface area (Å²) in [7, 11) is 1.65. The molecule has 0 bridgehead atoms. The Morgan fingerprint density at radius 3 is 2.52 bits per heavy atom. The van der Waals surface area contributed by atoms with E-state index in [2.05, 4.69) is 15.1 Å². The number of hydrogen-bond donors (Lipinski definition) is 0. The normalized spacial score (nSPS) is 12.9. The molecule has 1 aliphatic rings. The molecule has 7 heteroatoms. The summed E-state index contributed by atoms with van der Waals surface area (Å²) in [6.45, 7) is 1.10. The average Bonchev–Trinajstić information content (AvgIpc) is 3.18. The quantitative estimate of drug-likeness (QED) is 0.559. The fourth-order valence-electron chi connectivity index (χ4n) is 3.08. The lowest BCUT2D eigenvalue weighted by atomic mass is 10.1. The van der Waals surface area contributed by atoms with Crippen LogP contribution in [0, 0.1) is 0 Å². The molecule has 0 unspecified atom stereocenters. The topological polar surface area (TPSA) is 70.8 Å². The van der Waals surface area contributed by atoms with Gasteiger partial charge in [-0.05, 0) is 48.5 Å². The van der Waals surface area contributed by atoms with E-state index < -0.39 is 0 Å². The predicted molar refractivity (Wildman–Crippen MR) is 99.2 cm³/mol. The number of benzene rings is 2. The lowest BCUT2D eigenvalue weighted by molar-refractivity contribution is 0.171. The molecule has 7 nitrogen and oxygen atoms in total. The van der Waals surface area contributed by atoms with Crippen molar-refractivity contribution in [2.24, 2.45) is 0 Å². The lowest BCUT2D eigenvalue weighted by Crippen LogP contribution is -2.15. The van der Waals surface area contributed by atoms with Crippen LogP contribution in [-0.2, 0) is 0 Å². The first-order valence-corrected chi connectivity index (χ1v) is 8.58. The molecule has 2 aromatic carbocycles. The highest BCUT2D eigenvalue weighted by atomic mass is 16.6. The van der Waals surface area contributed by atoms with E-state index in [0.717, 1.165) is 28.3 Å². The minimum Gasteiger partial charge on any atom is -0.497 e. The zero-order chi connectivity index (χ0) is 18.2. The molecule has 0 atom stereocenters. The number of ether oxygens (including phenoxy) is 3. The molecule has 4 aromatic rings.